The van der Waals surface area contributed by atoms with Crippen molar-refractivity contribution in [2.45, 2.75) is 31.6 Å². The maximum Gasteiger partial charge on any atom is 0.0784 e. The van der Waals surface area contributed by atoms with Crippen LogP contribution in [-0.4, -0.2) is 13.1 Å². The summed E-state index contributed by atoms with van der Waals surface area (Å²) in [6.45, 7) is 2.01. The molecule has 1 N–H and O–H groups in total. The molecule has 4 heteroatoms. The van der Waals surface area contributed by atoms with Crippen LogP contribution < -0.4 is 5.32 Å². The van der Waals surface area contributed by atoms with Gasteiger partial charge in [-0.3, -0.25) is 0 Å². The maximum absolute atomic E-state index is 6.36. The third kappa shape index (κ3) is 1.88. The zero-order valence-corrected chi connectivity index (χ0v) is 11.7. The molecule has 1 atom stereocenters. The van der Waals surface area contributed by atoms with Crippen LogP contribution in [0.5, 0.6) is 0 Å². The van der Waals surface area contributed by atoms with Gasteiger partial charge in [-0.25, -0.2) is 0 Å². The second kappa shape index (κ2) is 4.62. The standard InChI is InChI=1S/C13H14Cl3N/c14-11-8-3-1-2-7-6-17-5-4-9(10(7)8)12(15)13(11)16/h7,17H,1-6H2. The first-order valence-corrected chi connectivity index (χ1v) is 7.22. The highest BCUT2D eigenvalue weighted by atomic mass is 35.5. The van der Waals surface area contributed by atoms with Crippen molar-refractivity contribution < 1.29 is 0 Å². The Labute approximate surface area is 116 Å². The van der Waals surface area contributed by atoms with Crippen LogP contribution in [-0.2, 0) is 12.8 Å². The first kappa shape index (κ1) is 12.1. The summed E-state index contributed by atoms with van der Waals surface area (Å²) in [6.07, 6.45) is 4.40. The SMILES string of the molecule is Clc1c(Cl)c2c3c(c1Cl)CCNCC3CCC2. The average molecular weight is 291 g/mol. The Kier molecular flexibility index (Phi) is 3.29. The molecule has 92 valence electrons. The lowest BCUT2D eigenvalue weighted by Crippen LogP contribution is -2.22. The summed E-state index contributed by atoms with van der Waals surface area (Å²) in [5.41, 5.74) is 3.86. The van der Waals surface area contributed by atoms with Gasteiger partial charge in [0.15, 0.2) is 0 Å². The van der Waals surface area contributed by atoms with Crippen molar-refractivity contribution in [1.82, 2.24) is 5.32 Å². The Morgan fingerprint density at radius 1 is 0.941 bits per heavy atom. The molecule has 0 amide bonds. The van der Waals surface area contributed by atoms with Crippen LogP contribution in [0.1, 0.15) is 35.4 Å². The molecule has 0 saturated carbocycles. The quantitative estimate of drug-likeness (QED) is 0.706. The molecule has 2 aliphatic rings. The van der Waals surface area contributed by atoms with Gasteiger partial charge in [0, 0.05) is 6.54 Å². The molecular formula is C13H14Cl3N. The fourth-order valence-electron chi connectivity index (χ4n) is 3.12. The Morgan fingerprint density at radius 3 is 2.41 bits per heavy atom. The van der Waals surface area contributed by atoms with Gasteiger partial charge in [-0.15, -0.1) is 0 Å². The van der Waals surface area contributed by atoms with E-state index >= 15 is 0 Å². The third-order valence-corrected chi connectivity index (χ3v) is 5.30. The van der Waals surface area contributed by atoms with Gasteiger partial charge in [0.25, 0.3) is 0 Å². The second-order valence-electron chi connectivity index (χ2n) is 4.86. The molecule has 3 rings (SSSR count). The molecule has 1 heterocycles. The molecular weight excluding hydrogens is 277 g/mol. The second-order valence-corrected chi connectivity index (χ2v) is 5.99. The van der Waals surface area contributed by atoms with E-state index in [1.807, 2.05) is 0 Å². The summed E-state index contributed by atoms with van der Waals surface area (Å²) < 4.78 is 0. The van der Waals surface area contributed by atoms with Crippen LogP contribution in [0, 0.1) is 0 Å². The third-order valence-electron chi connectivity index (χ3n) is 3.90. The van der Waals surface area contributed by atoms with Crippen molar-refractivity contribution >= 4 is 34.8 Å². The van der Waals surface area contributed by atoms with E-state index in [0.29, 0.717) is 21.0 Å². The number of hydrogen-bond donors (Lipinski definition) is 1. The summed E-state index contributed by atoms with van der Waals surface area (Å²) in [4.78, 5) is 0. The van der Waals surface area contributed by atoms with Gasteiger partial charge in [-0.1, -0.05) is 34.8 Å². The number of rotatable bonds is 0. The van der Waals surface area contributed by atoms with E-state index in [9.17, 15) is 0 Å². The molecule has 0 radical (unpaired) electrons. The van der Waals surface area contributed by atoms with E-state index in [-0.39, 0.29) is 0 Å². The van der Waals surface area contributed by atoms with Gasteiger partial charge in [-0.2, -0.15) is 0 Å². The number of benzene rings is 1. The molecule has 17 heavy (non-hydrogen) atoms. The highest BCUT2D eigenvalue weighted by Crippen LogP contribution is 2.46. The highest BCUT2D eigenvalue weighted by Gasteiger charge is 2.30. The molecule has 1 aromatic rings. The molecule has 1 aromatic carbocycles. The number of halogens is 3. The zero-order valence-electron chi connectivity index (χ0n) is 9.45. The minimum Gasteiger partial charge on any atom is -0.316 e. The van der Waals surface area contributed by atoms with Crippen molar-refractivity contribution in [3.63, 3.8) is 0 Å². The van der Waals surface area contributed by atoms with Gasteiger partial charge in [0.1, 0.15) is 0 Å². The topological polar surface area (TPSA) is 12.0 Å². The van der Waals surface area contributed by atoms with Crippen molar-refractivity contribution in [1.29, 1.82) is 0 Å². The van der Waals surface area contributed by atoms with Crippen molar-refractivity contribution in [3.8, 4) is 0 Å². The summed E-state index contributed by atoms with van der Waals surface area (Å²) in [5.74, 6) is 0.559. The first-order valence-electron chi connectivity index (χ1n) is 6.09. The molecule has 1 unspecified atom stereocenters. The Morgan fingerprint density at radius 2 is 1.65 bits per heavy atom. The Hall–Kier alpha value is 0.0500. The van der Waals surface area contributed by atoms with Crippen LogP contribution in [0.25, 0.3) is 0 Å². The van der Waals surface area contributed by atoms with E-state index in [1.54, 1.807) is 0 Å². The van der Waals surface area contributed by atoms with E-state index < -0.39 is 0 Å². The smallest absolute Gasteiger partial charge is 0.0784 e. The summed E-state index contributed by atoms with van der Waals surface area (Å²) in [7, 11) is 0. The summed E-state index contributed by atoms with van der Waals surface area (Å²) >= 11 is 19.0. The predicted octanol–water partition coefficient (Wildman–Crippen LogP) is 4.21. The van der Waals surface area contributed by atoms with Gasteiger partial charge < -0.3 is 5.32 Å². The molecule has 0 spiro atoms. The Balaban J connectivity index is 2.29. The van der Waals surface area contributed by atoms with Gasteiger partial charge in [-0.05, 0) is 54.8 Å². The lowest BCUT2D eigenvalue weighted by atomic mass is 9.80. The zero-order chi connectivity index (χ0) is 12.0. The minimum atomic E-state index is 0.546. The fraction of sp³-hybridized carbons (Fsp3) is 0.538. The van der Waals surface area contributed by atoms with E-state index in [0.717, 1.165) is 25.9 Å². The lowest BCUT2D eigenvalue weighted by molar-refractivity contribution is 0.525. The molecule has 1 aliphatic heterocycles. The highest BCUT2D eigenvalue weighted by molar-refractivity contribution is 6.48. The summed E-state index contributed by atoms with van der Waals surface area (Å²) in [6, 6.07) is 0. The number of hydrogen-bond acceptors (Lipinski definition) is 1. The van der Waals surface area contributed by atoms with Crippen LogP contribution in [0.3, 0.4) is 0 Å². The average Bonchev–Trinajstić information content (AvgIpc) is 2.56. The number of nitrogens with one attached hydrogen (secondary N) is 1. The van der Waals surface area contributed by atoms with Crippen LogP contribution in [0.4, 0.5) is 0 Å². The van der Waals surface area contributed by atoms with Crippen LogP contribution in [0.15, 0.2) is 0 Å². The monoisotopic (exact) mass is 289 g/mol. The predicted molar refractivity (Wildman–Crippen MR) is 73.7 cm³/mol. The Bertz CT molecular complexity index is 470. The van der Waals surface area contributed by atoms with Crippen LogP contribution in [0.2, 0.25) is 15.1 Å². The molecule has 1 aliphatic carbocycles. The molecule has 0 saturated heterocycles. The molecule has 0 aromatic heterocycles. The molecule has 0 fully saturated rings. The maximum atomic E-state index is 6.36. The largest absolute Gasteiger partial charge is 0.316 e. The van der Waals surface area contributed by atoms with Gasteiger partial charge in [0.2, 0.25) is 0 Å². The molecule has 0 bridgehead atoms. The first-order chi connectivity index (χ1) is 8.20. The lowest BCUT2D eigenvalue weighted by Gasteiger charge is -2.28. The van der Waals surface area contributed by atoms with E-state index in [1.165, 1.54) is 29.5 Å². The normalized spacial score (nSPS) is 23.1. The van der Waals surface area contributed by atoms with Gasteiger partial charge in [0.05, 0.1) is 15.1 Å². The van der Waals surface area contributed by atoms with Crippen molar-refractivity contribution in [2.24, 2.45) is 0 Å². The van der Waals surface area contributed by atoms with Crippen LogP contribution >= 0.6 is 34.8 Å². The summed E-state index contributed by atoms with van der Waals surface area (Å²) in [5, 5.41) is 5.38. The minimum absolute atomic E-state index is 0.546. The fourth-order valence-corrected chi connectivity index (χ4v) is 3.98. The molecule has 1 nitrogen and oxygen atoms in total. The van der Waals surface area contributed by atoms with Gasteiger partial charge >= 0.3 is 0 Å². The van der Waals surface area contributed by atoms with Crippen molar-refractivity contribution in [2.75, 3.05) is 13.1 Å². The van der Waals surface area contributed by atoms with Crippen molar-refractivity contribution in [3.05, 3.63) is 31.8 Å². The van der Waals surface area contributed by atoms with E-state index in [2.05, 4.69) is 5.32 Å². The van der Waals surface area contributed by atoms with E-state index in [4.69, 9.17) is 34.8 Å².